The highest BCUT2D eigenvalue weighted by atomic mass is 35.5. The fraction of sp³-hybridized carbons (Fsp3) is 0.250. The quantitative estimate of drug-likeness (QED) is 0.462. The van der Waals surface area contributed by atoms with E-state index in [0.29, 0.717) is 28.0 Å². The van der Waals surface area contributed by atoms with Crippen LogP contribution in [0.2, 0.25) is 10.0 Å². The maximum atomic E-state index is 11.3. The van der Waals surface area contributed by atoms with Crippen LogP contribution in [0.1, 0.15) is 6.92 Å². The Balaban J connectivity index is 2.58. The molecule has 0 aliphatic rings. The molecule has 17 heavy (non-hydrogen) atoms. The number of ether oxygens (including phenoxy) is 1. The van der Waals surface area contributed by atoms with Gasteiger partial charge in [0, 0.05) is 21.2 Å². The predicted octanol–water partition coefficient (Wildman–Crippen LogP) is 4.20. The van der Waals surface area contributed by atoms with Gasteiger partial charge in [0.15, 0.2) is 0 Å². The molecule has 0 saturated carbocycles. The summed E-state index contributed by atoms with van der Waals surface area (Å²) in [5, 5.41) is 1.22. The van der Waals surface area contributed by atoms with Crippen molar-refractivity contribution in [1.82, 2.24) is 0 Å². The molecule has 0 aromatic heterocycles. The van der Waals surface area contributed by atoms with Crippen LogP contribution in [-0.4, -0.2) is 18.3 Å². The Morgan fingerprint density at radius 1 is 1.47 bits per heavy atom. The van der Waals surface area contributed by atoms with Crippen molar-refractivity contribution in [1.29, 1.82) is 0 Å². The number of benzene rings is 1. The second-order valence-electron chi connectivity index (χ2n) is 3.19. The highest BCUT2D eigenvalue weighted by Gasteiger charge is 2.09. The van der Waals surface area contributed by atoms with Crippen molar-refractivity contribution in [3.05, 3.63) is 40.4 Å². The number of halogens is 2. The summed E-state index contributed by atoms with van der Waals surface area (Å²) in [5.41, 5.74) is 0.410. The molecule has 0 bridgehead atoms. The monoisotopic (exact) mass is 290 g/mol. The van der Waals surface area contributed by atoms with Gasteiger partial charge in [-0.1, -0.05) is 29.8 Å². The van der Waals surface area contributed by atoms with E-state index in [1.807, 2.05) is 0 Å². The molecule has 0 aliphatic heterocycles. The molecular formula is C12H12Cl2O2S. The highest BCUT2D eigenvalue weighted by Crippen LogP contribution is 2.30. The molecule has 1 aromatic rings. The number of carbonyl (C=O) groups excluding carboxylic acids is 1. The van der Waals surface area contributed by atoms with Gasteiger partial charge in [0.2, 0.25) is 0 Å². The minimum atomic E-state index is -0.377. The number of hydrogen-bond donors (Lipinski definition) is 0. The normalized spacial score (nSPS) is 10.1. The Bertz CT molecular complexity index is 433. The van der Waals surface area contributed by atoms with Crippen LogP contribution in [0.15, 0.2) is 35.2 Å². The zero-order valence-corrected chi connectivity index (χ0v) is 11.7. The summed E-state index contributed by atoms with van der Waals surface area (Å²) in [6.07, 6.45) is 0. The average Bonchev–Trinajstić information content (AvgIpc) is 2.30. The summed E-state index contributed by atoms with van der Waals surface area (Å²) in [6, 6.07) is 5.19. The van der Waals surface area contributed by atoms with Gasteiger partial charge in [0.25, 0.3) is 0 Å². The van der Waals surface area contributed by atoms with E-state index in [2.05, 4.69) is 6.58 Å². The Hall–Kier alpha value is -0.640. The number of rotatable bonds is 5. The molecule has 92 valence electrons. The van der Waals surface area contributed by atoms with Gasteiger partial charge in [-0.25, -0.2) is 4.79 Å². The smallest absolute Gasteiger partial charge is 0.334 e. The maximum absolute atomic E-state index is 11.3. The van der Waals surface area contributed by atoms with E-state index in [0.717, 1.165) is 4.90 Å². The van der Waals surface area contributed by atoms with Crippen LogP contribution >= 0.6 is 35.0 Å². The zero-order valence-electron chi connectivity index (χ0n) is 9.33. The van der Waals surface area contributed by atoms with Gasteiger partial charge >= 0.3 is 5.97 Å². The molecule has 1 rings (SSSR count). The van der Waals surface area contributed by atoms with E-state index < -0.39 is 0 Å². The lowest BCUT2D eigenvalue weighted by molar-refractivity contribution is -0.138. The summed E-state index contributed by atoms with van der Waals surface area (Å²) in [6.45, 7) is 5.77. The lowest BCUT2D eigenvalue weighted by Crippen LogP contribution is -2.08. The first-order valence-corrected chi connectivity index (χ1v) is 6.71. The summed E-state index contributed by atoms with van der Waals surface area (Å²) in [4.78, 5) is 12.1. The Morgan fingerprint density at radius 2 is 2.18 bits per heavy atom. The third kappa shape index (κ3) is 4.62. The van der Waals surface area contributed by atoms with Crippen molar-refractivity contribution in [2.24, 2.45) is 0 Å². The molecule has 2 nitrogen and oxygen atoms in total. The minimum absolute atomic E-state index is 0.348. The van der Waals surface area contributed by atoms with Crippen molar-refractivity contribution in [3.63, 3.8) is 0 Å². The average molecular weight is 291 g/mol. The number of thioether (sulfide) groups is 1. The first kappa shape index (κ1) is 14.4. The second kappa shape index (κ2) is 6.94. The SMILES string of the molecule is C=C(CSc1cc(Cl)ccc1Cl)C(=O)OCC. The van der Waals surface area contributed by atoms with Crippen LogP contribution in [0.4, 0.5) is 0 Å². The molecule has 0 fully saturated rings. The molecule has 0 heterocycles. The summed E-state index contributed by atoms with van der Waals surface area (Å²) in [7, 11) is 0. The van der Waals surface area contributed by atoms with Crippen LogP contribution in [-0.2, 0) is 9.53 Å². The van der Waals surface area contributed by atoms with Gasteiger partial charge in [-0.05, 0) is 25.1 Å². The summed E-state index contributed by atoms with van der Waals surface area (Å²) in [5.74, 6) is 0.0527. The number of carbonyl (C=O) groups is 1. The first-order valence-electron chi connectivity index (χ1n) is 4.97. The lowest BCUT2D eigenvalue weighted by Gasteiger charge is -2.06. The van der Waals surface area contributed by atoms with Crippen molar-refractivity contribution in [3.8, 4) is 0 Å². The first-order chi connectivity index (χ1) is 8.04. The highest BCUT2D eigenvalue weighted by molar-refractivity contribution is 7.99. The van der Waals surface area contributed by atoms with Gasteiger partial charge in [-0.15, -0.1) is 11.8 Å². The van der Waals surface area contributed by atoms with Gasteiger partial charge in [0.05, 0.1) is 11.6 Å². The zero-order chi connectivity index (χ0) is 12.8. The molecule has 0 spiro atoms. The van der Waals surface area contributed by atoms with Crippen LogP contribution in [0.3, 0.4) is 0 Å². The lowest BCUT2D eigenvalue weighted by atomic mass is 10.3. The molecule has 0 radical (unpaired) electrons. The van der Waals surface area contributed by atoms with Crippen molar-refractivity contribution in [2.75, 3.05) is 12.4 Å². The van der Waals surface area contributed by atoms with E-state index in [1.165, 1.54) is 11.8 Å². The molecule has 0 atom stereocenters. The van der Waals surface area contributed by atoms with Crippen molar-refractivity contribution < 1.29 is 9.53 Å². The van der Waals surface area contributed by atoms with Crippen LogP contribution in [0.5, 0.6) is 0 Å². The Kier molecular flexibility index (Phi) is 5.89. The van der Waals surface area contributed by atoms with E-state index in [9.17, 15) is 4.79 Å². The molecule has 0 N–H and O–H groups in total. The van der Waals surface area contributed by atoms with E-state index in [-0.39, 0.29) is 5.97 Å². The van der Waals surface area contributed by atoms with Gasteiger partial charge in [-0.2, -0.15) is 0 Å². The van der Waals surface area contributed by atoms with E-state index in [1.54, 1.807) is 25.1 Å². The van der Waals surface area contributed by atoms with E-state index >= 15 is 0 Å². The maximum Gasteiger partial charge on any atom is 0.334 e. The third-order valence-corrected chi connectivity index (χ3v) is 3.68. The van der Waals surface area contributed by atoms with Crippen LogP contribution in [0.25, 0.3) is 0 Å². The molecule has 5 heteroatoms. The molecular weight excluding hydrogens is 279 g/mol. The number of esters is 1. The molecule has 0 saturated heterocycles. The Labute approximate surface area is 115 Å². The molecule has 1 aromatic carbocycles. The van der Waals surface area contributed by atoms with Gasteiger partial charge < -0.3 is 4.74 Å². The van der Waals surface area contributed by atoms with Crippen molar-refractivity contribution >= 4 is 40.9 Å². The van der Waals surface area contributed by atoms with Gasteiger partial charge in [0.1, 0.15) is 0 Å². The van der Waals surface area contributed by atoms with Crippen molar-refractivity contribution in [2.45, 2.75) is 11.8 Å². The topological polar surface area (TPSA) is 26.3 Å². The summed E-state index contributed by atoms with van der Waals surface area (Å²) >= 11 is 13.3. The second-order valence-corrected chi connectivity index (χ2v) is 5.05. The van der Waals surface area contributed by atoms with Crippen LogP contribution in [0, 0.1) is 0 Å². The molecule has 0 aliphatic carbocycles. The fourth-order valence-corrected chi connectivity index (χ4v) is 2.43. The number of hydrogen-bond acceptors (Lipinski definition) is 3. The third-order valence-electron chi connectivity index (χ3n) is 1.86. The standard InChI is InChI=1S/C12H12Cl2O2S/c1-3-16-12(15)8(2)7-17-11-6-9(13)4-5-10(11)14/h4-6H,2-3,7H2,1H3. The molecule has 0 amide bonds. The van der Waals surface area contributed by atoms with Gasteiger partial charge in [-0.3, -0.25) is 0 Å². The fourth-order valence-electron chi connectivity index (χ4n) is 1.04. The predicted molar refractivity (Wildman–Crippen MR) is 73.0 cm³/mol. The minimum Gasteiger partial charge on any atom is -0.463 e. The molecule has 0 unspecified atom stereocenters. The van der Waals surface area contributed by atoms with Crippen LogP contribution < -0.4 is 0 Å². The van der Waals surface area contributed by atoms with E-state index in [4.69, 9.17) is 27.9 Å². The summed E-state index contributed by atoms with van der Waals surface area (Å²) < 4.78 is 4.84. The largest absolute Gasteiger partial charge is 0.463 e. The Morgan fingerprint density at radius 3 is 2.82 bits per heavy atom.